The van der Waals surface area contributed by atoms with Gasteiger partial charge in [-0.15, -0.1) is 11.3 Å². The molecule has 0 bridgehead atoms. The second-order valence-corrected chi connectivity index (χ2v) is 15.0. The van der Waals surface area contributed by atoms with Gasteiger partial charge in [-0.05, 0) is 75.8 Å². The van der Waals surface area contributed by atoms with Gasteiger partial charge in [0.1, 0.15) is 11.2 Å². The first-order valence-corrected chi connectivity index (χ1v) is 19.5. The Hall–Kier alpha value is -7.21. The first-order valence-electron chi connectivity index (χ1n) is 18.7. The molecule has 0 aliphatic heterocycles. The summed E-state index contributed by atoms with van der Waals surface area (Å²) < 4.78 is 8.82. The van der Waals surface area contributed by atoms with Gasteiger partial charge in [0.15, 0.2) is 17.5 Å². The minimum atomic E-state index is 0.616. The van der Waals surface area contributed by atoms with Crippen molar-refractivity contribution in [3.05, 3.63) is 188 Å². The zero-order valence-corrected chi connectivity index (χ0v) is 30.9. The lowest BCUT2D eigenvalue weighted by atomic mass is 9.96. The molecule has 4 nitrogen and oxygen atoms in total. The summed E-state index contributed by atoms with van der Waals surface area (Å²) in [7, 11) is 0. The Labute approximate surface area is 327 Å². The molecule has 8 aromatic carbocycles. The van der Waals surface area contributed by atoms with Crippen LogP contribution >= 0.6 is 11.3 Å². The third-order valence-corrected chi connectivity index (χ3v) is 11.8. The lowest BCUT2D eigenvalue weighted by Gasteiger charge is -2.11. The van der Waals surface area contributed by atoms with E-state index in [1.54, 1.807) is 11.3 Å². The van der Waals surface area contributed by atoms with Gasteiger partial charge >= 0.3 is 0 Å². The van der Waals surface area contributed by atoms with E-state index in [9.17, 15) is 0 Å². The highest BCUT2D eigenvalue weighted by Gasteiger charge is 2.19. The Morgan fingerprint density at radius 2 is 0.893 bits per heavy atom. The minimum absolute atomic E-state index is 0.616. The van der Waals surface area contributed by atoms with Crippen molar-refractivity contribution in [2.24, 2.45) is 0 Å². The summed E-state index contributed by atoms with van der Waals surface area (Å²) in [5, 5.41) is 4.62. The molecule has 0 saturated carbocycles. The molecule has 0 aliphatic carbocycles. The summed E-state index contributed by atoms with van der Waals surface area (Å²) in [5.74, 6) is 1.89. The highest BCUT2D eigenvalue weighted by molar-refractivity contribution is 7.26. The third-order valence-electron chi connectivity index (χ3n) is 10.5. The van der Waals surface area contributed by atoms with Crippen LogP contribution in [-0.2, 0) is 0 Å². The normalized spacial score (nSPS) is 11.6. The van der Waals surface area contributed by atoms with E-state index in [-0.39, 0.29) is 0 Å². The number of benzene rings is 8. The molecule has 56 heavy (non-hydrogen) atoms. The Morgan fingerprint density at radius 3 is 1.66 bits per heavy atom. The quantitative estimate of drug-likeness (QED) is 0.171. The van der Waals surface area contributed by atoms with Crippen LogP contribution in [0.1, 0.15) is 0 Å². The first kappa shape index (κ1) is 32.2. The van der Waals surface area contributed by atoms with Gasteiger partial charge in [0, 0.05) is 47.6 Å². The van der Waals surface area contributed by atoms with Crippen molar-refractivity contribution in [2.45, 2.75) is 0 Å². The predicted molar refractivity (Wildman–Crippen MR) is 233 cm³/mol. The highest BCUT2D eigenvalue weighted by atomic mass is 32.1. The van der Waals surface area contributed by atoms with Crippen LogP contribution < -0.4 is 0 Å². The van der Waals surface area contributed by atoms with E-state index in [1.807, 2.05) is 18.2 Å². The van der Waals surface area contributed by atoms with Gasteiger partial charge in [0.2, 0.25) is 0 Å². The van der Waals surface area contributed by atoms with Crippen LogP contribution in [0.15, 0.2) is 192 Å². The van der Waals surface area contributed by atoms with Gasteiger partial charge in [-0.3, -0.25) is 0 Å². The Morgan fingerprint density at radius 1 is 0.339 bits per heavy atom. The van der Waals surface area contributed by atoms with Gasteiger partial charge in [-0.2, -0.15) is 0 Å². The topological polar surface area (TPSA) is 51.8 Å². The average Bonchev–Trinajstić information content (AvgIpc) is 3.85. The predicted octanol–water partition coefficient (Wildman–Crippen LogP) is 14.1. The summed E-state index contributed by atoms with van der Waals surface area (Å²) in [6.07, 6.45) is 0. The molecule has 11 aromatic rings. The van der Waals surface area contributed by atoms with Crippen LogP contribution in [0.4, 0.5) is 0 Å². The number of rotatable bonds is 6. The largest absolute Gasteiger partial charge is 0.456 e. The number of aromatic nitrogens is 3. The molecule has 0 atom stereocenters. The molecular weight excluding hydrogens is 703 g/mol. The minimum Gasteiger partial charge on any atom is -0.456 e. The molecule has 3 aromatic heterocycles. The molecule has 5 heteroatoms. The molecule has 11 rings (SSSR count). The van der Waals surface area contributed by atoms with Gasteiger partial charge < -0.3 is 4.42 Å². The fraction of sp³-hybridized carbons (Fsp3) is 0. The molecule has 0 amide bonds. The molecule has 0 radical (unpaired) electrons. The van der Waals surface area contributed by atoms with Gasteiger partial charge in [-0.1, -0.05) is 146 Å². The number of nitrogens with zero attached hydrogens (tertiary/aromatic N) is 3. The van der Waals surface area contributed by atoms with Crippen molar-refractivity contribution < 1.29 is 4.42 Å². The lowest BCUT2D eigenvalue weighted by Crippen LogP contribution is -2.00. The Balaban J connectivity index is 1.09. The molecule has 0 unspecified atom stereocenters. The highest BCUT2D eigenvalue weighted by Crippen LogP contribution is 2.41. The molecule has 3 heterocycles. The van der Waals surface area contributed by atoms with Crippen molar-refractivity contribution >= 4 is 53.4 Å². The summed E-state index contributed by atoms with van der Waals surface area (Å²) in [6.45, 7) is 0. The summed E-state index contributed by atoms with van der Waals surface area (Å²) in [6, 6.07) is 65.6. The molecule has 0 N–H and O–H groups in total. The van der Waals surface area contributed by atoms with Crippen molar-refractivity contribution in [3.8, 4) is 67.5 Å². The summed E-state index contributed by atoms with van der Waals surface area (Å²) >= 11 is 1.78. The van der Waals surface area contributed by atoms with Crippen molar-refractivity contribution in [3.63, 3.8) is 0 Å². The van der Waals surface area contributed by atoms with Crippen molar-refractivity contribution in [2.75, 3.05) is 0 Å². The van der Waals surface area contributed by atoms with E-state index in [4.69, 9.17) is 19.4 Å². The SMILES string of the molecule is c1ccc(-c2cccc(-c3nc(-c4cccc(-c5cccc6oc7ccc(-c8ccccc8)cc7c56)c4)nc(-c4cccc5c4sc4ccccc45)n3)c2)cc1. The molecular formula is C51H31N3OS. The van der Waals surface area contributed by atoms with Gasteiger partial charge in [0.05, 0.1) is 0 Å². The van der Waals surface area contributed by atoms with E-state index in [0.717, 1.165) is 71.1 Å². The van der Waals surface area contributed by atoms with E-state index in [1.165, 1.54) is 21.0 Å². The zero-order chi connectivity index (χ0) is 37.0. The fourth-order valence-corrected chi connectivity index (χ4v) is 9.06. The molecule has 0 spiro atoms. The summed E-state index contributed by atoms with van der Waals surface area (Å²) in [4.78, 5) is 15.7. The Kier molecular flexibility index (Phi) is 7.64. The first-order chi connectivity index (χ1) is 27.7. The van der Waals surface area contributed by atoms with E-state index in [0.29, 0.717) is 17.5 Å². The fourth-order valence-electron chi connectivity index (χ4n) is 7.85. The van der Waals surface area contributed by atoms with E-state index >= 15 is 0 Å². The maximum absolute atomic E-state index is 6.42. The second kappa shape index (κ2) is 13.3. The van der Waals surface area contributed by atoms with Crippen LogP contribution in [-0.4, -0.2) is 15.0 Å². The van der Waals surface area contributed by atoms with Crippen LogP contribution in [0.25, 0.3) is 110 Å². The number of hydrogen-bond donors (Lipinski definition) is 0. The summed E-state index contributed by atoms with van der Waals surface area (Å²) in [5.41, 5.74) is 11.3. The molecule has 0 fully saturated rings. The average molecular weight is 734 g/mol. The monoisotopic (exact) mass is 733 g/mol. The maximum Gasteiger partial charge on any atom is 0.165 e. The smallest absolute Gasteiger partial charge is 0.165 e. The molecule has 0 saturated heterocycles. The van der Waals surface area contributed by atoms with Crippen LogP contribution in [0.5, 0.6) is 0 Å². The third kappa shape index (κ3) is 5.56. The van der Waals surface area contributed by atoms with E-state index < -0.39 is 0 Å². The maximum atomic E-state index is 6.42. The van der Waals surface area contributed by atoms with Crippen LogP contribution in [0, 0.1) is 0 Å². The van der Waals surface area contributed by atoms with Crippen LogP contribution in [0.2, 0.25) is 0 Å². The van der Waals surface area contributed by atoms with Gasteiger partial charge in [0.25, 0.3) is 0 Å². The number of furan rings is 1. The van der Waals surface area contributed by atoms with Crippen molar-refractivity contribution in [1.29, 1.82) is 0 Å². The van der Waals surface area contributed by atoms with Gasteiger partial charge in [-0.25, -0.2) is 15.0 Å². The standard InChI is InChI=1S/C51H31N3OS/c1-3-13-32(14-4-1)34-17-9-19-37(29-34)49-52-50(54-51(53-49)42-24-11-23-41-40-21-7-8-26-46(40)56-48(41)42)38-20-10-18-36(30-38)39-22-12-25-45-47(39)43-31-35(27-28-44(43)55-45)33-15-5-2-6-16-33/h1-31H. The second-order valence-electron chi connectivity index (χ2n) is 14.0. The number of fused-ring (bicyclic) bond motifs is 6. The lowest BCUT2D eigenvalue weighted by molar-refractivity contribution is 0.669. The Bertz CT molecular complexity index is 3260. The number of hydrogen-bond acceptors (Lipinski definition) is 5. The zero-order valence-electron chi connectivity index (χ0n) is 30.1. The molecule has 262 valence electrons. The van der Waals surface area contributed by atoms with Crippen LogP contribution in [0.3, 0.4) is 0 Å². The number of thiophene rings is 1. The molecule has 0 aliphatic rings. The van der Waals surface area contributed by atoms with Crippen molar-refractivity contribution in [1.82, 2.24) is 15.0 Å². The van der Waals surface area contributed by atoms with E-state index in [2.05, 4.69) is 170 Å².